The third-order valence-electron chi connectivity index (χ3n) is 3.65. The number of hydrogen-bond acceptors (Lipinski definition) is 5. The average Bonchev–Trinajstić information content (AvgIpc) is 3.02. The molecule has 0 bridgehead atoms. The van der Waals surface area contributed by atoms with Gasteiger partial charge in [0.25, 0.3) is 0 Å². The molecule has 2 rings (SSSR count). The number of pyridine rings is 1. The van der Waals surface area contributed by atoms with Gasteiger partial charge in [0.15, 0.2) is 5.78 Å². The molecule has 2 heterocycles. The molecule has 4 nitrogen and oxygen atoms in total. The van der Waals surface area contributed by atoms with Crippen LogP contribution in [0.1, 0.15) is 46.8 Å². The Labute approximate surface area is 146 Å². The summed E-state index contributed by atoms with van der Waals surface area (Å²) < 4.78 is 5.02. The number of esters is 1. The second kappa shape index (κ2) is 9.33. The highest BCUT2D eigenvalue weighted by Gasteiger charge is 2.12. The van der Waals surface area contributed by atoms with Crippen LogP contribution in [-0.2, 0) is 22.4 Å². The molecule has 2 aromatic rings. The summed E-state index contributed by atoms with van der Waals surface area (Å²) in [6.45, 7) is 3.87. The Kier molecular flexibility index (Phi) is 7.12. The zero-order valence-electron chi connectivity index (χ0n) is 14.2. The van der Waals surface area contributed by atoms with Gasteiger partial charge in [-0.25, -0.2) is 0 Å². The Balaban J connectivity index is 1.77. The van der Waals surface area contributed by atoms with Gasteiger partial charge in [0.05, 0.1) is 11.5 Å². The van der Waals surface area contributed by atoms with Crippen molar-refractivity contribution < 1.29 is 14.3 Å². The molecule has 0 fully saturated rings. The van der Waals surface area contributed by atoms with E-state index in [1.165, 1.54) is 6.92 Å². The van der Waals surface area contributed by atoms with Crippen LogP contribution in [0.3, 0.4) is 0 Å². The normalized spacial score (nSPS) is 11.9. The van der Waals surface area contributed by atoms with Crippen molar-refractivity contribution in [3.63, 3.8) is 0 Å². The number of ketones is 1. The number of carbonyl (C=O) groups is 2. The van der Waals surface area contributed by atoms with Gasteiger partial charge in [-0.15, -0.1) is 11.3 Å². The number of aromatic nitrogens is 1. The molecule has 0 aliphatic rings. The van der Waals surface area contributed by atoms with Crippen molar-refractivity contribution in [2.24, 2.45) is 5.92 Å². The van der Waals surface area contributed by atoms with Gasteiger partial charge in [0.1, 0.15) is 0 Å². The van der Waals surface area contributed by atoms with Crippen LogP contribution >= 0.6 is 11.3 Å². The molecule has 0 unspecified atom stereocenters. The van der Waals surface area contributed by atoms with Crippen LogP contribution in [0.15, 0.2) is 36.7 Å². The lowest BCUT2D eigenvalue weighted by atomic mass is 10.1. The Morgan fingerprint density at radius 3 is 2.83 bits per heavy atom. The molecule has 0 aromatic carbocycles. The highest BCUT2D eigenvalue weighted by Crippen LogP contribution is 2.22. The fourth-order valence-electron chi connectivity index (χ4n) is 2.42. The minimum atomic E-state index is -0.252. The molecule has 0 radical (unpaired) electrons. The Morgan fingerprint density at radius 2 is 2.12 bits per heavy atom. The number of thiophene rings is 1. The summed E-state index contributed by atoms with van der Waals surface area (Å²) in [6.07, 6.45) is 6.68. The molecule has 0 saturated heterocycles. The predicted molar refractivity (Wildman–Crippen MR) is 95.3 cm³/mol. The van der Waals surface area contributed by atoms with E-state index >= 15 is 0 Å². The summed E-state index contributed by atoms with van der Waals surface area (Å²) in [5.74, 6) is 0.196. The Hall–Kier alpha value is -2.01. The van der Waals surface area contributed by atoms with Gasteiger partial charge in [-0.05, 0) is 48.9 Å². The van der Waals surface area contributed by atoms with Crippen LogP contribution in [0.5, 0.6) is 0 Å². The van der Waals surface area contributed by atoms with Crippen molar-refractivity contribution in [3.05, 3.63) is 52.0 Å². The van der Waals surface area contributed by atoms with Gasteiger partial charge >= 0.3 is 5.97 Å². The molecule has 0 N–H and O–H groups in total. The molecule has 0 spiro atoms. The zero-order chi connectivity index (χ0) is 17.4. The molecular formula is C19H23NO3S. The molecular weight excluding hydrogens is 322 g/mol. The van der Waals surface area contributed by atoms with Crippen molar-refractivity contribution in [1.29, 1.82) is 0 Å². The monoisotopic (exact) mass is 345 g/mol. The van der Waals surface area contributed by atoms with E-state index < -0.39 is 0 Å². The van der Waals surface area contributed by atoms with E-state index in [1.54, 1.807) is 17.5 Å². The summed E-state index contributed by atoms with van der Waals surface area (Å²) in [7, 11) is 0. The minimum Gasteiger partial charge on any atom is -0.466 e. The lowest BCUT2D eigenvalue weighted by molar-refractivity contribution is -0.142. The van der Waals surface area contributed by atoms with Crippen LogP contribution < -0.4 is 0 Å². The summed E-state index contributed by atoms with van der Waals surface area (Å²) in [5, 5.41) is 0. The van der Waals surface area contributed by atoms with Gasteiger partial charge in [-0.2, -0.15) is 0 Å². The second-order valence-corrected chi connectivity index (χ2v) is 7.18. The van der Waals surface area contributed by atoms with Crippen molar-refractivity contribution in [2.75, 3.05) is 6.61 Å². The third kappa shape index (κ3) is 6.24. The summed E-state index contributed by atoms with van der Waals surface area (Å²) in [6, 6.07) is 7.86. The topological polar surface area (TPSA) is 56.3 Å². The Bertz CT molecular complexity index is 666. The highest BCUT2D eigenvalue weighted by molar-refractivity contribution is 7.14. The number of Topliss-reactive ketones (excluding diaryl/α,β-unsaturated/α-hetero) is 1. The maximum absolute atomic E-state index is 12.3. The molecule has 2 aromatic heterocycles. The smallest absolute Gasteiger partial charge is 0.302 e. The molecule has 5 heteroatoms. The van der Waals surface area contributed by atoms with E-state index in [0.717, 1.165) is 34.6 Å². The van der Waals surface area contributed by atoms with E-state index in [1.807, 2.05) is 37.4 Å². The first kappa shape index (κ1) is 18.3. The van der Waals surface area contributed by atoms with Crippen LogP contribution in [0.2, 0.25) is 0 Å². The van der Waals surface area contributed by atoms with Crippen molar-refractivity contribution >= 4 is 23.1 Å². The van der Waals surface area contributed by atoms with E-state index in [9.17, 15) is 9.59 Å². The minimum absolute atomic E-state index is 0.197. The maximum atomic E-state index is 12.3. The number of aryl methyl sites for hydroxylation is 1. The van der Waals surface area contributed by atoms with Gasteiger partial charge in [0, 0.05) is 30.6 Å². The standard InChI is InChI=1S/C19H23NO3S/c1-14(13-23-15(2)21)11-17-8-9-19(24-17)18(22)7-3-5-16-6-4-10-20-12-16/h4,6,8-10,12,14H,3,5,7,11,13H2,1-2H3/t14-/m0/s1. The number of ether oxygens (including phenoxy) is 1. The lowest BCUT2D eigenvalue weighted by Gasteiger charge is -2.09. The number of carbonyl (C=O) groups excluding carboxylic acids is 2. The molecule has 0 aliphatic carbocycles. The average molecular weight is 345 g/mol. The summed E-state index contributed by atoms with van der Waals surface area (Å²) in [4.78, 5) is 29.2. The molecule has 0 saturated carbocycles. The summed E-state index contributed by atoms with van der Waals surface area (Å²) in [5.41, 5.74) is 1.16. The third-order valence-corrected chi connectivity index (χ3v) is 4.80. The first-order valence-corrected chi connectivity index (χ1v) is 9.00. The van der Waals surface area contributed by atoms with Crippen molar-refractivity contribution in [2.45, 2.75) is 39.5 Å². The first-order chi connectivity index (χ1) is 11.5. The first-order valence-electron chi connectivity index (χ1n) is 8.18. The van der Waals surface area contributed by atoms with E-state index in [2.05, 4.69) is 4.98 Å². The van der Waals surface area contributed by atoms with Crippen molar-refractivity contribution in [3.8, 4) is 0 Å². The van der Waals surface area contributed by atoms with Gasteiger partial charge in [0.2, 0.25) is 0 Å². The number of nitrogens with zero attached hydrogens (tertiary/aromatic N) is 1. The van der Waals surface area contributed by atoms with Crippen LogP contribution in [0, 0.1) is 5.92 Å². The number of hydrogen-bond donors (Lipinski definition) is 0. The maximum Gasteiger partial charge on any atom is 0.302 e. The molecule has 128 valence electrons. The lowest BCUT2D eigenvalue weighted by Crippen LogP contribution is -2.10. The number of rotatable bonds is 9. The summed E-state index contributed by atoms with van der Waals surface area (Å²) >= 11 is 1.55. The highest BCUT2D eigenvalue weighted by atomic mass is 32.1. The van der Waals surface area contributed by atoms with Crippen molar-refractivity contribution in [1.82, 2.24) is 4.98 Å². The Morgan fingerprint density at radius 1 is 1.29 bits per heavy atom. The van der Waals surface area contributed by atoms with Gasteiger partial charge in [-0.1, -0.05) is 13.0 Å². The van der Waals surface area contributed by atoms with Crippen LogP contribution in [0.4, 0.5) is 0 Å². The SMILES string of the molecule is CC(=O)OC[C@@H](C)Cc1ccc(C(=O)CCCc2cccnc2)s1. The van der Waals surface area contributed by atoms with Crippen LogP contribution in [-0.4, -0.2) is 23.3 Å². The second-order valence-electron chi connectivity index (χ2n) is 6.02. The van der Waals surface area contributed by atoms with E-state index in [-0.39, 0.29) is 17.7 Å². The zero-order valence-corrected chi connectivity index (χ0v) is 15.0. The molecule has 0 amide bonds. The quantitative estimate of drug-likeness (QED) is 0.507. The fraction of sp³-hybridized carbons (Fsp3) is 0.421. The largest absolute Gasteiger partial charge is 0.466 e. The fourth-order valence-corrected chi connectivity index (χ4v) is 3.56. The van der Waals surface area contributed by atoms with E-state index in [0.29, 0.717) is 13.0 Å². The van der Waals surface area contributed by atoms with E-state index in [4.69, 9.17) is 4.74 Å². The van der Waals surface area contributed by atoms with Crippen LogP contribution in [0.25, 0.3) is 0 Å². The van der Waals surface area contributed by atoms with Gasteiger partial charge in [-0.3, -0.25) is 14.6 Å². The van der Waals surface area contributed by atoms with Gasteiger partial charge < -0.3 is 4.74 Å². The molecule has 0 aliphatic heterocycles. The molecule has 24 heavy (non-hydrogen) atoms. The molecule has 1 atom stereocenters. The predicted octanol–water partition coefficient (Wildman–Crippen LogP) is 4.09.